The molecule has 0 aliphatic heterocycles. The highest BCUT2D eigenvalue weighted by molar-refractivity contribution is 5.27. The lowest BCUT2D eigenvalue weighted by Crippen LogP contribution is -1.68. The Hall–Kier alpha value is -1.08. The minimum Gasteiger partial charge on any atom is -0.392 e. The molecule has 0 fully saturated rings. The van der Waals surface area contributed by atoms with Crippen LogP contribution in [0.25, 0.3) is 0 Å². The van der Waals surface area contributed by atoms with Gasteiger partial charge in [0.05, 0.1) is 6.61 Å². The largest absolute Gasteiger partial charge is 0.392 e. The van der Waals surface area contributed by atoms with Gasteiger partial charge in [0, 0.05) is 0 Å². The Labute approximate surface area is 61.7 Å². The van der Waals surface area contributed by atoms with Gasteiger partial charge in [-0.1, -0.05) is 43.5 Å². The number of hydrogen-bond acceptors (Lipinski definition) is 1. The Kier molecular flexibility index (Phi) is 5.39. The SMILES string of the molecule is C=CC(=C)/C=C\C=C/CO. The van der Waals surface area contributed by atoms with Gasteiger partial charge in [0.1, 0.15) is 0 Å². The van der Waals surface area contributed by atoms with Gasteiger partial charge in [-0.15, -0.1) is 0 Å². The standard InChI is InChI=1S/C9H12O/c1-3-9(2)7-5-4-6-8-10/h3-7,10H,1-2,8H2/b6-4-,7-5-. The van der Waals surface area contributed by atoms with Crippen LogP contribution >= 0.6 is 0 Å². The molecule has 0 bridgehead atoms. The Morgan fingerprint density at radius 2 is 2.10 bits per heavy atom. The van der Waals surface area contributed by atoms with Gasteiger partial charge in [0.25, 0.3) is 0 Å². The fourth-order valence-corrected chi connectivity index (χ4v) is 0.387. The lowest BCUT2D eigenvalue weighted by Gasteiger charge is -1.82. The van der Waals surface area contributed by atoms with Crippen LogP contribution in [-0.4, -0.2) is 11.7 Å². The molecule has 0 amide bonds. The van der Waals surface area contributed by atoms with Crippen molar-refractivity contribution in [2.75, 3.05) is 6.61 Å². The molecule has 0 aromatic rings. The predicted octanol–water partition coefficient (Wildman–Crippen LogP) is 1.83. The summed E-state index contributed by atoms with van der Waals surface area (Å²) in [4.78, 5) is 0. The quantitative estimate of drug-likeness (QED) is 0.584. The second kappa shape index (κ2) is 6.05. The Morgan fingerprint density at radius 3 is 2.60 bits per heavy atom. The Balaban J connectivity index is 3.65. The number of aliphatic hydroxyl groups excluding tert-OH is 1. The van der Waals surface area contributed by atoms with Crippen molar-refractivity contribution in [3.63, 3.8) is 0 Å². The second-order valence-electron chi connectivity index (χ2n) is 1.75. The lowest BCUT2D eigenvalue weighted by molar-refractivity contribution is 0.343. The maximum Gasteiger partial charge on any atom is 0.0615 e. The van der Waals surface area contributed by atoms with E-state index >= 15 is 0 Å². The second-order valence-corrected chi connectivity index (χ2v) is 1.75. The molecule has 0 aromatic carbocycles. The van der Waals surface area contributed by atoms with Gasteiger partial charge in [-0.25, -0.2) is 0 Å². The van der Waals surface area contributed by atoms with Crippen LogP contribution in [0.5, 0.6) is 0 Å². The van der Waals surface area contributed by atoms with Crippen LogP contribution in [0.3, 0.4) is 0 Å². The first-order chi connectivity index (χ1) is 4.81. The maximum absolute atomic E-state index is 8.33. The topological polar surface area (TPSA) is 20.2 Å². The van der Waals surface area contributed by atoms with Crippen molar-refractivity contribution in [3.8, 4) is 0 Å². The van der Waals surface area contributed by atoms with Crippen LogP contribution < -0.4 is 0 Å². The van der Waals surface area contributed by atoms with Crippen molar-refractivity contribution in [1.82, 2.24) is 0 Å². The number of aliphatic hydroxyl groups is 1. The molecule has 0 aliphatic carbocycles. The Morgan fingerprint density at radius 1 is 1.40 bits per heavy atom. The normalized spacial score (nSPS) is 10.9. The minimum absolute atomic E-state index is 0.0743. The fourth-order valence-electron chi connectivity index (χ4n) is 0.387. The van der Waals surface area contributed by atoms with E-state index in [0.717, 1.165) is 5.57 Å². The molecular weight excluding hydrogens is 124 g/mol. The third-order valence-corrected chi connectivity index (χ3v) is 0.925. The van der Waals surface area contributed by atoms with Crippen LogP contribution in [0, 0.1) is 0 Å². The summed E-state index contributed by atoms with van der Waals surface area (Å²) in [6.07, 6.45) is 8.70. The molecule has 1 N–H and O–H groups in total. The van der Waals surface area contributed by atoms with Gasteiger partial charge in [-0.3, -0.25) is 0 Å². The van der Waals surface area contributed by atoms with E-state index in [1.165, 1.54) is 0 Å². The number of allylic oxidation sites excluding steroid dienone is 5. The van der Waals surface area contributed by atoms with E-state index in [0.29, 0.717) is 0 Å². The average molecular weight is 136 g/mol. The van der Waals surface area contributed by atoms with Gasteiger partial charge < -0.3 is 5.11 Å². The first-order valence-corrected chi connectivity index (χ1v) is 3.06. The average Bonchev–Trinajstić information content (AvgIpc) is 1.98. The summed E-state index contributed by atoms with van der Waals surface area (Å²) in [5.41, 5.74) is 0.864. The van der Waals surface area contributed by atoms with E-state index in [1.54, 1.807) is 24.3 Å². The van der Waals surface area contributed by atoms with Crippen molar-refractivity contribution in [1.29, 1.82) is 0 Å². The summed E-state index contributed by atoms with van der Waals surface area (Å²) in [6, 6.07) is 0. The van der Waals surface area contributed by atoms with Crippen LogP contribution in [0.2, 0.25) is 0 Å². The van der Waals surface area contributed by atoms with Crippen LogP contribution in [0.1, 0.15) is 0 Å². The summed E-state index contributed by atoms with van der Waals surface area (Å²) in [5.74, 6) is 0. The lowest BCUT2D eigenvalue weighted by atomic mass is 10.3. The third kappa shape index (κ3) is 5.06. The molecule has 10 heavy (non-hydrogen) atoms. The zero-order valence-electron chi connectivity index (χ0n) is 5.96. The zero-order valence-corrected chi connectivity index (χ0v) is 5.96. The van der Waals surface area contributed by atoms with Crippen LogP contribution in [0.4, 0.5) is 0 Å². The van der Waals surface area contributed by atoms with E-state index in [9.17, 15) is 0 Å². The third-order valence-electron chi connectivity index (χ3n) is 0.925. The van der Waals surface area contributed by atoms with Crippen molar-refractivity contribution >= 4 is 0 Å². The molecular formula is C9H12O. The summed E-state index contributed by atoms with van der Waals surface area (Å²) >= 11 is 0. The highest BCUT2D eigenvalue weighted by Gasteiger charge is 1.72. The van der Waals surface area contributed by atoms with E-state index in [4.69, 9.17) is 5.11 Å². The van der Waals surface area contributed by atoms with Gasteiger partial charge in [-0.2, -0.15) is 0 Å². The smallest absolute Gasteiger partial charge is 0.0615 e. The summed E-state index contributed by atoms with van der Waals surface area (Å²) < 4.78 is 0. The van der Waals surface area contributed by atoms with E-state index in [-0.39, 0.29) is 6.61 Å². The van der Waals surface area contributed by atoms with Crippen molar-refractivity contribution in [2.24, 2.45) is 0 Å². The fraction of sp³-hybridized carbons (Fsp3) is 0.111. The van der Waals surface area contributed by atoms with Gasteiger partial charge in [0.15, 0.2) is 0 Å². The molecule has 1 nitrogen and oxygen atoms in total. The molecule has 0 radical (unpaired) electrons. The molecule has 0 unspecified atom stereocenters. The summed E-state index contributed by atoms with van der Waals surface area (Å²) in [6.45, 7) is 7.28. The predicted molar refractivity (Wildman–Crippen MR) is 44.7 cm³/mol. The van der Waals surface area contributed by atoms with E-state index in [2.05, 4.69) is 13.2 Å². The highest BCUT2D eigenvalue weighted by atomic mass is 16.2. The van der Waals surface area contributed by atoms with Crippen molar-refractivity contribution < 1.29 is 5.11 Å². The number of rotatable bonds is 4. The molecule has 0 saturated heterocycles. The molecule has 0 atom stereocenters. The molecule has 0 heterocycles. The summed E-state index contributed by atoms with van der Waals surface area (Å²) in [7, 11) is 0. The molecule has 0 aliphatic rings. The molecule has 54 valence electrons. The first-order valence-electron chi connectivity index (χ1n) is 3.06. The first kappa shape index (κ1) is 8.92. The van der Waals surface area contributed by atoms with Crippen molar-refractivity contribution in [3.05, 3.63) is 49.1 Å². The zero-order chi connectivity index (χ0) is 7.82. The molecule has 0 aromatic heterocycles. The van der Waals surface area contributed by atoms with Gasteiger partial charge >= 0.3 is 0 Å². The Bertz CT molecular complexity index is 164. The van der Waals surface area contributed by atoms with E-state index < -0.39 is 0 Å². The molecule has 1 heteroatoms. The highest BCUT2D eigenvalue weighted by Crippen LogP contribution is 1.92. The maximum atomic E-state index is 8.33. The van der Waals surface area contributed by atoms with E-state index in [1.807, 2.05) is 6.08 Å². The molecule has 0 spiro atoms. The van der Waals surface area contributed by atoms with Gasteiger partial charge in [0.2, 0.25) is 0 Å². The minimum atomic E-state index is 0.0743. The van der Waals surface area contributed by atoms with Crippen LogP contribution in [0.15, 0.2) is 49.1 Å². The van der Waals surface area contributed by atoms with Crippen molar-refractivity contribution in [2.45, 2.75) is 0 Å². The van der Waals surface area contributed by atoms with Gasteiger partial charge in [-0.05, 0) is 5.57 Å². The number of hydrogen-bond donors (Lipinski definition) is 1. The monoisotopic (exact) mass is 136 g/mol. The molecule has 0 saturated carbocycles. The molecule has 0 rings (SSSR count). The summed E-state index contributed by atoms with van der Waals surface area (Å²) in [5, 5.41) is 8.33. The van der Waals surface area contributed by atoms with Crippen LogP contribution in [-0.2, 0) is 0 Å².